The molecule has 0 aromatic heterocycles. The molecule has 4 rings (SSSR count). The van der Waals surface area contributed by atoms with Crippen LogP contribution in [0.4, 0.5) is 10.5 Å². The van der Waals surface area contributed by atoms with Crippen LogP contribution in [-0.4, -0.2) is 81.6 Å². The Morgan fingerprint density at radius 2 is 1.51 bits per heavy atom. The van der Waals surface area contributed by atoms with Crippen LogP contribution in [0.15, 0.2) is 78.9 Å². The van der Waals surface area contributed by atoms with Gasteiger partial charge in [-0.15, -0.1) is 0 Å². The molecule has 0 aliphatic carbocycles. The minimum atomic E-state index is -1.08. The van der Waals surface area contributed by atoms with Crippen LogP contribution in [0.1, 0.15) is 38.8 Å². The lowest BCUT2D eigenvalue weighted by Gasteiger charge is -2.26. The van der Waals surface area contributed by atoms with Crippen LogP contribution in [0.5, 0.6) is 0 Å². The molecule has 13 heteroatoms. The fourth-order valence-corrected chi connectivity index (χ4v) is 5.42. The Morgan fingerprint density at radius 3 is 2.11 bits per heavy atom. The quantitative estimate of drug-likeness (QED) is 0.156. The third-order valence-electron chi connectivity index (χ3n) is 7.18. The third kappa shape index (κ3) is 8.99. The molecule has 0 saturated heterocycles. The molecule has 0 saturated carbocycles. The van der Waals surface area contributed by atoms with Crippen LogP contribution in [0.25, 0.3) is 0 Å². The average Bonchev–Trinajstić information content (AvgIpc) is 3.27. The Bertz CT molecular complexity index is 1530. The highest BCUT2D eigenvalue weighted by Crippen LogP contribution is 2.22. The zero-order chi connectivity index (χ0) is 32.3. The summed E-state index contributed by atoms with van der Waals surface area (Å²) in [5.74, 6) is -1.08. The molecular formula is C32H33N5O7S. The summed E-state index contributed by atoms with van der Waals surface area (Å²) in [6, 6.07) is 20.1. The number of benzene rings is 3. The maximum absolute atomic E-state index is 13.5. The molecule has 0 radical (unpaired) electrons. The van der Waals surface area contributed by atoms with Crippen molar-refractivity contribution in [1.82, 2.24) is 20.4 Å². The maximum Gasteiger partial charge on any atom is 0.318 e. The van der Waals surface area contributed by atoms with E-state index in [1.165, 1.54) is 36.1 Å². The number of nitrogens with zero attached hydrogens (tertiary/aromatic N) is 3. The van der Waals surface area contributed by atoms with E-state index < -0.39 is 34.7 Å². The van der Waals surface area contributed by atoms with Gasteiger partial charge in [0.1, 0.15) is 6.04 Å². The monoisotopic (exact) mass is 631 g/mol. The van der Waals surface area contributed by atoms with Crippen molar-refractivity contribution in [2.75, 3.05) is 31.9 Å². The molecule has 5 amide bonds. The summed E-state index contributed by atoms with van der Waals surface area (Å²) in [5.41, 5.74) is 2.08. The normalized spacial score (nSPS) is 12.8. The number of rotatable bonds is 14. The number of imide groups is 1. The topological polar surface area (TPSA) is 159 Å². The van der Waals surface area contributed by atoms with Gasteiger partial charge in [0.15, 0.2) is 5.12 Å². The minimum absolute atomic E-state index is 0.0251. The van der Waals surface area contributed by atoms with E-state index in [1.807, 2.05) is 30.3 Å². The van der Waals surface area contributed by atoms with Crippen molar-refractivity contribution < 1.29 is 28.9 Å². The van der Waals surface area contributed by atoms with Gasteiger partial charge in [0.05, 0.1) is 16.1 Å². The Kier molecular flexibility index (Phi) is 11.4. The smallest absolute Gasteiger partial charge is 0.318 e. The summed E-state index contributed by atoms with van der Waals surface area (Å²) in [6.45, 7) is 1.92. The van der Waals surface area contributed by atoms with E-state index in [9.17, 15) is 34.1 Å². The van der Waals surface area contributed by atoms with Crippen molar-refractivity contribution in [2.45, 2.75) is 25.8 Å². The Labute approximate surface area is 264 Å². The number of nitrogens with one attached hydrogen (secondary N) is 2. The van der Waals surface area contributed by atoms with E-state index in [2.05, 4.69) is 10.6 Å². The van der Waals surface area contributed by atoms with Crippen molar-refractivity contribution in [2.24, 2.45) is 0 Å². The Morgan fingerprint density at radius 1 is 0.889 bits per heavy atom. The van der Waals surface area contributed by atoms with Gasteiger partial charge in [0.25, 0.3) is 17.5 Å². The summed E-state index contributed by atoms with van der Waals surface area (Å²) in [7, 11) is 0. The summed E-state index contributed by atoms with van der Waals surface area (Å²) in [5, 5.41) is 16.5. The van der Waals surface area contributed by atoms with E-state index >= 15 is 0 Å². The summed E-state index contributed by atoms with van der Waals surface area (Å²) in [6.07, 6.45) is 0.579. The maximum atomic E-state index is 13.5. The molecule has 0 spiro atoms. The molecule has 0 fully saturated rings. The van der Waals surface area contributed by atoms with Gasteiger partial charge in [-0.05, 0) is 29.7 Å². The highest BCUT2D eigenvalue weighted by molar-refractivity contribution is 8.13. The third-order valence-corrected chi connectivity index (χ3v) is 7.97. The highest BCUT2D eigenvalue weighted by atomic mass is 32.2. The average molecular weight is 632 g/mol. The van der Waals surface area contributed by atoms with E-state index in [0.717, 1.165) is 22.2 Å². The molecule has 1 atom stereocenters. The predicted molar refractivity (Wildman–Crippen MR) is 169 cm³/mol. The van der Waals surface area contributed by atoms with E-state index in [-0.39, 0.29) is 36.9 Å². The predicted octanol–water partition coefficient (Wildman–Crippen LogP) is 3.45. The molecule has 12 nitrogen and oxygen atoms in total. The number of nitro groups is 1. The first kappa shape index (κ1) is 32.9. The number of fused-ring (bicyclic) bond motifs is 1. The summed E-state index contributed by atoms with van der Waals surface area (Å²) in [4.78, 5) is 77.1. The standard InChI is InChI=1S/C32H33N5O7S/c1-22(38)45-20-19-35(17-15-23-7-3-2-4-8-23)32(42)34-28(21-24-11-13-25(14-12-24)37(43)44)29(39)33-16-18-36-30(40)26-9-5-6-10-27(26)31(36)41/h2-14,28H,15-21H2,1H3,(H,33,39)(H,34,42)/t28-/m0/s1. The zero-order valence-electron chi connectivity index (χ0n) is 24.6. The molecule has 1 aliphatic heterocycles. The van der Waals surface area contributed by atoms with Crippen LogP contribution in [-0.2, 0) is 22.4 Å². The van der Waals surface area contributed by atoms with Crippen LogP contribution in [0, 0.1) is 10.1 Å². The van der Waals surface area contributed by atoms with Crippen LogP contribution in [0.3, 0.4) is 0 Å². The first-order chi connectivity index (χ1) is 21.6. The summed E-state index contributed by atoms with van der Waals surface area (Å²) < 4.78 is 0. The molecular weight excluding hydrogens is 598 g/mol. The zero-order valence-corrected chi connectivity index (χ0v) is 25.5. The number of carbonyl (C=O) groups is 5. The van der Waals surface area contributed by atoms with Crippen molar-refractivity contribution in [1.29, 1.82) is 0 Å². The van der Waals surface area contributed by atoms with Crippen LogP contribution >= 0.6 is 11.8 Å². The molecule has 234 valence electrons. The lowest BCUT2D eigenvalue weighted by molar-refractivity contribution is -0.384. The number of urea groups is 1. The largest absolute Gasteiger partial charge is 0.353 e. The first-order valence-corrected chi connectivity index (χ1v) is 15.3. The SMILES string of the molecule is CC(=O)SCCN(CCc1ccccc1)C(=O)N[C@@H](Cc1ccc([N+](=O)[O-])cc1)C(=O)NCCN1C(=O)c2ccccc2C1=O. The molecule has 3 aromatic carbocycles. The van der Waals surface area contributed by atoms with Crippen LogP contribution < -0.4 is 10.6 Å². The highest BCUT2D eigenvalue weighted by Gasteiger charge is 2.35. The van der Waals surface area contributed by atoms with Gasteiger partial charge in [-0.25, -0.2) is 4.79 Å². The number of hydrogen-bond donors (Lipinski definition) is 2. The first-order valence-electron chi connectivity index (χ1n) is 14.3. The van der Waals surface area contributed by atoms with Gasteiger partial charge in [0, 0.05) is 57.4 Å². The number of thioether (sulfide) groups is 1. The van der Waals surface area contributed by atoms with Gasteiger partial charge in [0.2, 0.25) is 5.91 Å². The van der Waals surface area contributed by atoms with Crippen molar-refractivity contribution >= 4 is 46.3 Å². The number of carbonyl (C=O) groups excluding carboxylic acids is 5. The number of non-ortho nitro benzene ring substituents is 1. The van der Waals surface area contributed by atoms with Crippen molar-refractivity contribution in [3.63, 3.8) is 0 Å². The molecule has 1 heterocycles. The number of hydrogen-bond acceptors (Lipinski definition) is 8. The molecule has 0 bridgehead atoms. The molecule has 3 aromatic rings. The minimum Gasteiger partial charge on any atom is -0.353 e. The number of amides is 5. The van der Waals surface area contributed by atoms with Gasteiger partial charge in [-0.2, -0.15) is 0 Å². The fraction of sp³-hybridized carbons (Fsp3) is 0.281. The second-order valence-corrected chi connectivity index (χ2v) is 11.6. The Balaban J connectivity index is 1.45. The van der Waals surface area contributed by atoms with E-state index in [4.69, 9.17) is 0 Å². The molecule has 45 heavy (non-hydrogen) atoms. The molecule has 0 unspecified atom stereocenters. The second-order valence-electron chi connectivity index (χ2n) is 10.3. The lowest BCUT2D eigenvalue weighted by atomic mass is 10.0. The summed E-state index contributed by atoms with van der Waals surface area (Å²) >= 11 is 1.09. The molecule has 2 N–H and O–H groups in total. The van der Waals surface area contributed by atoms with Gasteiger partial charge in [-0.3, -0.25) is 34.2 Å². The van der Waals surface area contributed by atoms with E-state index in [0.29, 0.717) is 35.4 Å². The van der Waals surface area contributed by atoms with Gasteiger partial charge in [-0.1, -0.05) is 66.4 Å². The van der Waals surface area contributed by atoms with Crippen LogP contribution in [0.2, 0.25) is 0 Å². The number of nitro benzene ring substituents is 1. The lowest BCUT2D eigenvalue weighted by Crippen LogP contribution is -2.53. The van der Waals surface area contributed by atoms with Crippen molar-refractivity contribution in [3.05, 3.63) is 111 Å². The molecule has 1 aliphatic rings. The second kappa shape index (κ2) is 15.6. The van der Waals surface area contributed by atoms with E-state index in [1.54, 1.807) is 24.3 Å². The van der Waals surface area contributed by atoms with Crippen molar-refractivity contribution in [3.8, 4) is 0 Å². The van der Waals surface area contributed by atoms with Gasteiger partial charge < -0.3 is 15.5 Å². The van der Waals surface area contributed by atoms with Gasteiger partial charge >= 0.3 is 6.03 Å². The fourth-order valence-electron chi connectivity index (χ4n) is 4.82. The Hall–Kier alpha value is -5.04.